The van der Waals surface area contributed by atoms with Crippen LogP contribution in [0.25, 0.3) is 0 Å². The lowest BCUT2D eigenvalue weighted by Gasteiger charge is -2.27. The van der Waals surface area contributed by atoms with Gasteiger partial charge in [0.25, 0.3) is 0 Å². The largest absolute Gasteiger partial charge is 0.508 e. The number of aromatic hydroxyl groups is 1. The minimum Gasteiger partial charge on any atom is -0.508 e. The van der Waals surface area contributed by atoms with Gasteiger partial charge in [-0.05, 0) is 79.7 Å². The third-order valence-electron chi connectivity index (χ3n) is 8.03. The summed E-state index contributed by atoms with van der Waals surface area (Å²) in [5.74, 6) is 1.85. The number of phenolic OH excluding ortho intramolecular Hbond substituents is 1. The molecule has 5 heteroatoms. The molecule has 0 aromatic heterocycles. The summed E-state index contributed by atoms with van der Waals surface area (Å²) < 4.78 is 10.3. The molecule has 6 atom stereocenters. The van der Waals surface area contributed by atoms with Crippen LogP contribution in [0.2, 0.25) is 0 Å². The van der Waals surface area contributed by atoms with Gasteiger partial charge in [0.05, 0.1) is 12.3 Å². The fourth-order valence-corrected chi connectivity index (χ4v) is 4.44. The topological polar surface area (TPSA) is 72.8 Å². The predicted molar refractivity (Wildman–Crippen MR) is 149 cm³/mol. The quantitative estimate of drug-likeness (QED) is 0.420. The molecular formula is C32H46O5. The number of carbonyl (C=O) groups excluding carboxylic acids is 2. The lowest BCUT2D eigenvalue weighted by atomic mass is 9.97. The molecule has 1 aliphatic heterocycles. The Hall–Kier alpha value is -2.82. The van der Waals surface area contributed by atoms with Gasteiger partial charge in [-0.2, -0.15) is 0 Å². The van der Waals surface area contributed by atoms with Crippen molar-refractivity contribution in [2.45, 2.75) is 105 Å². The van der Waals surface area contributed by atoms with Gasteiger partial charge < -0.3 is 14.6 Å². The number of carbonyl (C=O) groups is 2. The van der Waals surface area contributed by atoms with Crippen molar-refractivity contribution in [2.75, 3.05) is 0 Å². The van der Waals surface area contributed by atoms with Crippen LogP contribution < -0.4 is 0 Å². The van der Waals surface area contributed by atoms with Crippen LogP contribution >= 0.6 is 0 Å². The number of benzene rings is 2. The third-order valence-corrected chi connectivity index (χ3v) is 8.03. The number of phenols is 1. The summed E-state index contributed by atoms with van der Waals surface area (Å²) in [5.41, 5.74) is 3.63. The van der Waals surface area contributed by atoms with E-state index in [4.69, 9.17) is 14.6 Å². The highest BCUT2D eigenvalue weighted by Crippen LogP contribution is 2.36. The first kappa shape index (κ1) is 30.4. The third kappa shape index (κ3) is 8.34. The molecule has 0 bridgehead atoms. The Kier molecular flexibility index (Phi) is 11.2. The molecule has 0 saturated carbocycles. The Morgan fingerprint density at radius 1 is 1.05 bits per heavy atom. The molecular weight excluding hydrogens is 464 g/mol. The molecule has 1 heterocycles. The minimum atomic E-state index is -0.794. The highest BCUT2D eigenvalue weighted by Gasteiger charge is 2.46. The van der Waals surface area contributed by atoms with Gasteiger partial charge in [0.15, 0.2) is 5.60 Å². The van der Waals surface area contributed by atoms with Crippen molar-refractivity contribution in [1.29, 1.82) is 0 Å². The van der Waals surface area contributed by atoms with Crippen molar-refractivity contribution in [3.8, 4) is 5.75 Å². The van der Waals surface area contributed by atoms with Gasteiger partial charge in [0, 0.05) is 0 Å². The van der Waals surface area contributed by atoms with Gasteiger partial charge in [0.2, 0.25) is 0 Å². The molecule has 2 aliphatic rings. The van der Waals surface area contributed by atoms with Crippen molar-refractivity contribution in [3.05, 3.63) is 65.2 Å². The SMILES string of the molecule is CC1Cc2ccccc2C1C.CCC(C)C(=O)OC1(C)CC(=O)OC1C.CCC(C)c1ccc(O)cc1. The molecule has 1 aliphatic carbocycles. The van der Waals surface area contributed by atoms with Crippen molar-refractivity contribution >= 4 is 11.9 Å². The zero-order valence-corrected chi connectivity index (χ0v) is 23.9. The first-order chi connectivity index (χ1) is 17.4. The molecule has 2 aromatic rings. The molecule has 0 spiro atoms. The Labute approximate surface area is 223 Å². The summed E-state index contributed by atoms with van der Waals surface area (Å²) in [6.45, 7) is 16.2. The lowest BCUT2D eigenvalue weighted by Crippen LogP contribution is -2.39. The van der Waals surface area contributed by atoms with Crippen LogP contribution in [0.5, 0.6) is 5.75 Å². The standard InChI is InChI=1S/C11H18O4.C11H14.C10H14O/c1-5-7(2)10(13)15-11(4)6-9(12)14-8(11)3;1-8-7-10-5-3-4-6-11(10)9(8)2;1-3-8(2)9-4-6-10(11)7-5-9/h7-8H,5-6H2,1-4H3;3-6,8-9H,7H2,1-2H3;4-8,11H,3H2,1-2H3. The summed E-state index contributed by atoms with van der Waals surface area (Å²) in [6, 6.07) is 16.2. The molecule has 0 radical (unpaired) electrons. The summed E-state index contributed by atoms with van der Waals surface area (Å²) in [6.07, 6.45) is 2.94. The number of hydrogen-bond acceptors (Lipinski definition) is 5. The highest BCUT2D eigenvalue weighted by molar-refractivity contribution is 5.76. The maximum Gasteiger partial charge on any atom is 0.310 e. The zero-order chi connectivity index (χ0) is 27.8. The van der Waals surface area contributed by atoms with Gasteiger partial charge in [-0.25, -0.2) is 0 Å². The summed E-state index contributed by atoms with van der Waals surface area (Å²) in [5, 5.41) is 9.01. The van der Waals surface area contributed by atoms with E-state index >= 15 is 0 Å². The molecule has 1 fully saturated rings. The van der Waals surface area contributed by atoms with Crippen LogP contribution in [0, 0.1) is 11.8 Å². The van der Waals surface area contributed by atoms with Gasteiger partial charge in [-0.15, -0.1) is 0 Å². The first-order valence-electron chi connectivity index (χ1n) is 13.7. The van der Waals surface area contributed by atoms with Crippen LogP contribution in [-0.2, 0) is 25.5 Å². The monoisotopic (exact) mass is 510 g/mol. The van der Waals surface area contributed by atoms with E-state index in [9.17, 15) is 9.59 Å². The molecule has 4 rings (SSSR count). The Bertz CT molecular complexity index is 1010. The second-order valence-corrected chi connectivity index (χ2v) is 10.9. The van der Waals surface area contributed by atoms with Crippen LogP contribution in [-0.4, -0.2) is 28.8 Å². The van der Waals surface area contributed by atoms with E-state index in [2.05, 4.69) is 52.0 Å². The molecule has 2 aromatic carbocycles. The van der Waals surface area contributed by atoms with Crippen molar-refractivity contribution < 1.29 is 24.2 Å². The first-order valence-corrected chi connectivity index (χ1v) is 13.7. The lowest BCUT2D eigenvalue weighted by molar-refractivity contribution is -0.167. The Morgan fingerprint density at radius 2 is 1.68 bits per heavy atom. The van der Waals surface area contributed by atoms with Gasteiger partial charge in [-0.1, -0.05) is 77.9 Å². The molecule has 0 amide bonds. The fourth-order valence-electron chi connectivity index (χ4n) is 4.44. The van der Waals surface area contributed by atoms with Gasteiger partial charge in [-0.3, -0.25) is 9.59 Å². The highest BCUT2D eigenvalue weighted by atomic mass is 16.6. The number of fused-ring (bicyclic) bond motifs is 1. The van der Waals surface area contributed by atoms with Crippen molar-refractivity contribution in [3.63, 3.8) is 0 Å². The van der Waals surface area contributed by atoms with E-state index in [1.54, 1.807) is 37.1 Å². The number of hydrogen-bond donors (Lipinski definition) is 1. The average molecular weight is 511 g/mol. The number of esters is 2. The molecule has 1 N–H and O–H groups in total. The second-order valence-electron chi connectivity index (χ2n) is 10.9. The van der Waals surface area contributed by atoms with Crippen LogP contribution in [0.4, 0.5) is 0 Å². The Morgan fingerprint density at radius 3 is 2.19 bits per heavy atom. The molecule has 1 saturated heterocycles. The maximum absolute atomic E-state index is 11.6. The summed E-state index contributed by atoms with van der Waals surface area (Å²) in [7, 11) is 0. The summed E-state index contributed by atoms with van der Waals surface area (Å²) in [4.78, 5) is 22.7. The van der Waals surface area contributed by atoms with Crippen molar-refractivity contribution in [1.82, 2.24) is 0 Å². The number of rotatable bonds is 5. The Balaban J connectivity index is 0.000000198. The van der Waals surface area contributed by atoms with Crippen LogP contribution in [0.1, 0.15) is 103 Å². The van der Waals surface area contributed by atoms with Crippen molar-refractivity contribution in [2.24, 2.45) is 11.8 Å². The van der Waals surface area contributed by atoms with E-state index in [0.29, 0.717) is 11.7 Å². The van der Waals surface area contributed by atoms with E-state index < -0.39 is 5.60 Å². The van der Waals surface area contributed by atoms with E-state index in [1.165, 1.54) is 12.0 Å². The average Bonchev–Trinajstić information content (AvgIpc) is 3.31. The predicted octanol–water partition coefficient (Wildman–Crippen LogP) is 7.56. The van der Waals surface area contributed by atoms with E-state index in [1.807, 2.05) is 26.0 Å². The smallest absolute Gasteiger partial charge is 0.310 e. The van der Waals surface area contributed by atoms with Gasteiger partial charge >= 0.3 is 11.9 Å². The number of cyclic esters (lactones) is 1. The van der Waals surface area contributed by atoms with E-state index in [0.717, 1.165) is 24.7 Å². The van der Waals surface area contributed by atoms with Crippen LogP contribution in [0.3, 0.4) is 0 Å². The van der Waals surface area contributed by atoms with Gasteiger partial charge in [0.1, 0.15) is 11.9 Å². The molecule has 6 unspecified atom stereocenters. The number of ether oxygens (including phenoxy) is 2. The van der Waals surface area contributed by atoms with Crippen LogP contribution in [0.15, 0.2) is 48.5 Å². The van der Waals surface area contributed by atoms with E-state index in [-0.39, 0.29) is 30.4 Å². The second kappa shape index (κ2) is 13.6. The normalized spacial score (nSPS) is 25.4. The summed E-state index contributed by atoms with van der Waals surface area (Å²) >= 11 is 0. The fraction of sp³-hybridized carbons (Fsp3) is 0.562. The molecule has 5 nitrogen and oxygen atoms in total. The molecule has 204 valence electrons. The zero-order valence-electron chi connectivity index (χ0n) is 23.9. The maximum atomic E-state index is 11.6. The molecule has 37 heavy (non-hydrogen) atoms. The minimum absolute atomic E-state index is 0.135.